The van der Waals surface area contributed by atoms with Gasteiger partial charge in [-0.2, -0.15) is 0 Å². The number of halogens is 1. The average molecular weight is 248 g/mol. The molecule has 15 heavy (non-hydrogen) atoms. The number of hydrogen-bond acceptors (Lipinski definition) is 3. The highest BCUT2D eigenvalue weighted by atomic mass is 35.5. The van der Waals surface area contributed by atoms with Gasteiger partial charge in [0.2, 0.25) is 0 Å². The molecule has 2 rings (SSSR count). The van der Waals surface area contributed by atoms with Crippen molar-refractivity contribution in [2.75, 3.05) is 18.1 Å². The van der Waals surface area contributed by atoms with Crippen LogP contribution in [0.5, 0.6) is 0 Å². The Kier molecular flexibility index (Phi) is 3.31. The number of benzene rings is 1. The van der Waals surface area contributed by atoms with E-state index in [9.17, 15) is 8.42 Å². The van der Waals surface area contributed by atoms with Gasteiger partial charge in [-0.1, -0.05) is 0 Å². The molecule has 1 heterocycles. The van der Waals surface area contributed by atoms with Crippen molar-refractivity contribution < 1.29 is 8.42 Å². The van der Waals surface area contributed by atoms with E-state index < -0.39 is 9.84 Å². The van der Waals surface area contributed by atoms with Crippen molar-refractivity contribution in [2.45, 2.75) is 18.2 Å². The van der Waals surface area contributed by atoms with Crippen LogP contribution in [-0.2, 0) is 16.3 Å². The molecule has 84 valence electrons. The van der Waals surface area contributed by atoms with Crippen molar-refractivity contribution in [1.29, 1.82) is 0 Å². The second-order valence-electron chi connectivity index (χ2n) is 3.72. The Hall–Kier alpha value is -0.740. The number of aryl methyl sites for hydroxylation is 1. The van der Waals surface area contributed by atoms with Crippen molar-refractivity contribution in [3.63, 3.8) is 0 Å². The van der Waals surface area contributed by atoms with E-state index in [2.05, 4.69) is 5.32 Å². The fourth-order valence-electron chi connectivity index (χ4n) is 1.83. The van der Waals surface area contributed by atoms with E-state index in [1.807, 2.05) is 13.0 Å². The highest BCUT2D eigenvalue weighted by Crippen LogP contribution is 2.28. The number of nitrogens with one attached hydrogen (secondary N) is 1. The fourth-order valence-corrected chi connectivity index (χ4v) is 2.83. The van der Waals surface area contributed by atoms with Crippen LogP contribution in [0, 0.1) is 6.92 Å². The summed E-state index contributed by atoms with van der Waals surface area (Å²) in [7, 11) is -3.08. The molecule has 0 saturated heterocycles. The lowest BCUT2D eigenvalue weighted by atomic mass is 10.1. The van der Waals surface area contributed by atoms with Gasteiger partial charge in [0.25, 0.3) is 0 Å². The van der Waals surface area contributed by atoms with Gasteiger partial charge in [-0.25, -0.2) is 8.42 Å². The van der Waals surface area contributed by atoms with Crippen molar-refractivity contribution in [1.82, 2.24) is 0 Å². The zero-order valence-electron chi connectivity index (χ0n) is 8.70. The third-order valence-electron chi connectivity index (χ3n) is 2.51. The molecule has 0 fully saturated rings. The largest absolute Gasteiger partial charge is 0.384 e. The maximum absolute atomic E-state index is 11.4. The first-order chi connectivity index (χ1) is 6.48. The minimum atomic E-state index is -3.08. The summed E-state index contributed by atoms with van der Waals surface area (Å²) in [5.74, 6) is 0. The van der Waals surface area contributed by atoms with E-state index in [1.54, 1.807) is 6.07 Å². The van der Waals surface area contributed by atoms with Crippen LogP contribution in [0.15, 0.2) is 17.0 Å². The van der Waals surface area contributed by atoms with Gasteiger partial charge >= 0.3 is 0 Å². The first-order valence-electron chi connectivity index (χ1n) is 4.56. The smallest absolute Gasteiger partial charge is 0.175 e. The summed E-state index contributed by atoms with van der Waals surface area (Å²) >= 11 is 0. The van der Waals surface area contributed by atoms with Gasteiger partial charge in [0.05, 0.1) is 4.90 Å². The van der Waals surface area contributed by atoms with Crippen LogP contribution in [0.2, 0.25) is 0 Å². The number of fused-ring (bicyclic) bond motifs is 1. The Labute approximate surface area is 96.2 Å². The molecule has 0 amide bonds. The molecule has 1 aliphatic heterocycles. The fraction of sp³-hybridized carbons (Fsp3) is 0.400. The van der Waals surface area contributed by atoms with Crippen LogP contribution < -0.4 is 5.32 Å². The van der Waals surface area contributed by atoms with Gasteiger partial charge < -0.3 is 5.32 Å². The third-order valence-corrected chi connectivity index (χ3v) is 3.75. The average Bonchev–Trinajstić information content (AvgIpc) is 2.47. The van der Waals surface area contributed by atoms with Crippen molar-refractivity contribution in [3.8, 4) is 0 Å². The SMILES string of the molecule is Cc1cc2c(cc1S(C)(=O)=O)CCN2.Cl. The second-order valence-corrected chi connectivity index (χ2v) is 5.71. The summed E-state index contributed by atoms with van der Waals surface area (Å²) in [6, 6.07) is 3.71. The summed E-state index contributed by atoms with van der Waals surface area (Å²) in [6.07, 6.45) is 2.17. The van der Waals surface area contributed by atoms with Crippen LogP contribution in [0.4, 0.5) is 5.69 Å². The maximum Gasteiger partial charge on any atom is 0.175 e. The van der Waals surface area contributed by atoms with E-state index in [0.29, 0.717) is 4.90 Å². The molecule has 1 aromatic carbocycles. The maximum atomic E-state index is 11.4. The molecular weight excluding hydrogens is 234 g/mol. The Bertz CT molecular complexity index is 482. The van der Waals surface area contributed by atoms with E-state index in [0.717, 1.165) is 29.8 Å². The quantitative estimate of drug-likeness (QED) is 0.823. The minimum Gasteiger partial charge on any atom is -0.384 e. The summed E-state index contributed by atoms with van der Waals surface area (Å²) in [5, 5.41) is 3.22. The lowest BCUT2D eigenvalue weighted by Crippen LogP contribution is -2.01. The topological polar surface area (TPSA) is 46.2 Å². The molecule has 0 bridgehead atoms. The summed E-state index contributed by atoms with van der Waals surface area (Å²) < 4.78 is 22.9. The van der Waals surface area contributed by atoms with Crippen LogP contribution in [0.3, 0.4) is 0 Å². The van der Waals surface area contributed by atoms with E-state index >= 15 is 0 Å². The Morgan fingerprint density at radius 3 is 2.60 bits per heavy atom. The molecule has 5 heteroatoms. The van der Waals surface area contributed by atoms with Gasteiger partial charge in [0.1, 0.15) is 0 Å². The van der Waals surface area contributed by atoms with Gasteiger partial charge in [-0.05, 0) is 36.6 Å². The lowest BCUT2D eigenvalue weighted by Gasteiger charge is -2.07. The molecule has 1 aromatic rings. The van der Waals surface area contributed by atoms with Crippen molar-refractivity contribution in [3.05, 3.63) is 23.3 Å². The molecule has 1 N–H and O–H groups in total. The Morgan fingerprint density at radius 2 is 2.00 bits per heavy atom. The zero-order valence-corrected chi connectivity index (χ0v) is 10.3. The number of hydrogen-bond donors (Lipinski definition) is 1. The van der Waals surface area contributed by atoms with Crippen LogP contribution in [0.25, 0.3) is 0 Å². The van der Waals surface area contributed by atoms with Gasteiger partial charge in [0.15, 0.2) is 9.84 Å². The highest BCUT2D eigenvalue weighted by Gasteiger charge is 2.17. The predicted molar refractivity (Wildman–Crippen MR) is 63.7 cm³/mol. The van der Waals surface area contributed by atoms with Gasteiger partial charge in [0, 0.05) is 18.5 Å². The first-order valence-corrected chi connectivity index (χ1v) is 6.45. The second kappa shape index (κ2) is 4.02. The standard InChI is InChI=1S/C10H13NO2S.ClH/c1-7-5-9-8(3-4-11-9)6-10(7)14(2,12)13;/h5-6,11H,3-4H2,1-2H3;1H. The monoisotopic (exact) mass is 247 g/mol. The normalized spacial score (nSPS) is 14.0. The highest BCUT2D eigenvalue weighted by molar-refractivity contribution is 7.90. The first kappa shape index (κ1) is 12.3. The van der Waals surface area contributed by atoms with E-state index in [1.165, 1.54) is 6.26 Å². The van der Waals surface area contributed by atoms with Crippen molar-refractivity contribution in [2.24, 2.45) is 0 Å². The Balaban J connectivity index is 0.00000112. The van der Waals surface area contributed by atoms with Crippen LogP contribution in [-0.4, -0.2) is 21.2 Å². The van der Waals surface area contributed by atoms with Crippen LogP contribution in [0.1, 0.15) is 11.1 Å². The number of rotatable bonds is 1. The van der Waals surface area contributed by atoms with Gasteiger partial charge in [-0.15, -0.1) is 12.4 Å². The molecule has 0 aromatic heterocycles. The zero-order chi connectivity index (χ0) is 10.3. The van der Waals surface area contributed by atoms with E-state index in [4.69, 9.17) is 0 Å². The van der Waals surface area contributed by atoms with Gasteiger partial charge in [-0.3, -0.25) is 0 Å². The van der Waals surface area contributed by atoms with Crippen LogP contribution >= 0.6 is 12.4 Å². The molecule has 0 aliphatic carbocycles. The summed E-state index contributed by atoms with van der Waals surface area (Å²) in [4.78, 5) is 0.458. The third kappa shape index (κ3) is 2.26. The molecular formula is C10H14ClNO2S. The summed E-state index contributed by atoms with van der Waals surface area (Å²) in [5.41, 5.74) is 3.01. The molecule has 1 aliphatic rings. The molecule has 0 radical (unpaired) electrons. The number of sulfone groups is 1. The molecule has 0 saturated carbocycles. The summed E-state index contributed by atoms with van der Waals surface area (Å²) in [6.45, 7) is 2.73. The molecule has 0 atom stereocenters. The molecule has 0 unspecified atom stereocenters. The lowest BCUT2D eigenvalue weighted by molar-refractivity contribution is 0.601. The molecule has 3 nitrogen and oxygen atoms in total. The number of anilines is 1. The predicted octanol–water partition coefficient (Wildman–Crippen LogP) is 1.79. The minimum absolute atomic E-state index is 0. The molecule has 0 spiro atoms. The van der Waals surface area contributed by atoms with Crippen molar-refractivity contribution >= 4 is 27.9 Å². The van der Waals surface area contributed by atoms with E-state index in [-0.39, 0.29) is 12.4 Å². The Morgan fingerprint density at radius 1 is 1.33 bits per heavy atom.